The van der Waals surface area contributed by atoms with Crippen LogP contribution in [0.4, 0.5) is 0 Å². The van der Waals surface area contributed by atoms with Gasteiger partial charge in [0.1, 0.15) is 0 Å². The summed E-state index contributed by atoms with van der Waals surface area (Å²) in [7, 11) is 0. The molecular formula is C29H35N5O3S. The predicted octanol–water partition coefficient (Wildman–Crippen LogP) is 4.73. The normalized spacial score (nSPS) is 20.1. The fraction of sp³-hybridized carbons (Fsp3) is 0.483. The highest BCUT2D eigenvalue weighted by atomic mass is 32.1. The minimum atomic E-state index is -0.225. The molecular weight excluding hydrogens is 498 g/mol. The van der Waals surface area contributed by atoms with Crippen LogP contribution in [0.1, 0.15) is 43.0 Å². The minimum Gasteiger partial charge on any atom is -0.379 e. The van der Waals surface area contributed by atoms with Crippen LogP contribution in [0.2, 0.25) is 0 Å². The number of carbonyl (C=O) groups is 1. The molecule has 2 unspecified atom stereocenters. The number of morpholine rings is 1. The summed E-state index contributed by atoms with van der Waals surface area (Å²) in [5.41, 5.74) is 3.89. The molecule has 2 aliphatic rings. The van der Waals surface area contributed by atoms with E-state index in [0.717, 1.165) is 80.7 Å². The first kappa shape index (κ1) is 25.3. The van der Waals surface area contributed by atoms with E-state index in [2.05, 4.69) is 26.8 Å². The molecule has 2 saturated heterocycles. The molecule has 38 heavy (non-hydrogen) atoms. The van der Waals surface area contributed by atoms with E-state index >= 15 is 0 Å². The summed E-state index contributed by atoms with van der Waals surface area (Å²) >= 11 is 1.51. The van der Waals surface area contributed by atoms with Crippen molar-refractivity contribution in [3.05, 3.63) is 50.9 Å². The lowest BCUT2D eigenvalue weighted by Gasteiger charge is -2.29. The molecule has 0 spiro atoms. The molecule has 9 heteroatoms. The summed E-state index contributed by atoms with van der Waals surface area (Å²) in [6.07, 6.45) is 4.51. The third kappa shape index (κ3) is 5.28. The molecule has 3 aromatic heterocycles. The van der Waals surface area contributed by atoms with Crippen molar-refractivity contribution < 1.29 is 9.53 Å². The number of ether oxygens (including phenoxy) is 1. The van der Waals surface area contributed by atoms with E-state index in [0.29, 0.717) is 28.8 Å². The molecule has 2 N–H and O–H groups in total. The summed E-state index contributed by atoms with van der Waals surface area (Å²) in [4.78, 5) is 41.4. The standard InChI is InChI=1S/C29H35N5O3S/c1-19(6-9-33-11-13-37-14-12-33)20-3-2-8-34(10-7-20)29(36)21-4-5-23-22(15-21)16-24(30-23)27-28(35)32-26-18-38-17-25(26)31-27/h4-5,15-20,30H,2-3,6-14H2,1H3,(H,32,35). The number of nitrogens with zero attached hydrogens (tertiary/aromatic N) is 3. The van der Waals surface area contributed by atoms with Gasteiger partial charge in [-0.2, -0.15) is 0 Å². The van der Waals surface area contributed by atoms with Gasteiger partial charge >= 0.3 is 0 Å². The van der Waals surface area contributed by atoms with Crippen LogP contribution in [-0.4, -0.2) is 76.6 Å². The van der Waals surface area contributed by atoms with Gasteiger partial charge in [0.25, 0.3) is 11.5 Å². The summed E-state index contributed by atoms with van der Waals surface area (Å²) < 4.78 is 5.47. The van der Waals surface area contributed by atoms with Crippen molar-refractivity contribution in [3.8, 4) is 11.4 Å². The van der Waals surface area contributed by atoms with Crippen molar-refractivity contribution >= 4 is 39.2 Å². The highest BCUT2D eigenvalue weighted by molar-refractivity contribution is 7.09. The SMILES string of the molecule is CC(CCN1CCOCC1)C1CCCN(C(=O)c2ccc3[nH]c(-c4nc5cscc5[nH]c4=O)cc3c2)CC1. The van der Waals surface area contributed by atoms with Gasteiger partial charge in [-0.25, -0.2) is 4.98 Å². The van der Waals surface area contributed by atoms with Crippen molar-refractivity contribution in [1.29, 1.82) is 0 Å². The van der Waals surface area contributed by atoms with Crippen molar-refractivity contribution in [2.45, 2.75) is 32.6 Å². The third-order valence-electron chi connectivity index (χ3n) is 8.33. The third-order valence-corrected chi connectivity index (χ3v) is 9.06. The Balaban J connectivity index is 1.12. The van der Waals surface area contributed by atoms with Crippen LogP contribution in [0.5, 0.6) is 0 Å². The van der Waals surface area contributed by atoms with Crippen LogP contribution < -0.4 is 5.56 Å². The average Bonchev–Trinajstić information content (AvgIpc) is 3.49. The second kappa shape index (κ2) is 11.0. The maximum Gasteiger partial charge on any atom is 0.276 e. The summed E-state index contributed by atoms with van der Waals surface area (Å²) in [6.45, 7) is 8.94. The maximum absolute atomic E-state index is 13.5. The van der Waals surface area contributed by atoms with Gasteiger partial charge in [-0.15, -0.1) is 11.3 Å². The summed E-state index contributed by atoms with van der Waals surface area (Å²) in [5.74, 6) is 1.41. The zero-order chi connectivity index (χ0) is 26.1. The van der Waals surface area contributed by atoms with Crippen LogP contribution in [0.25, 0.3) is 33.3 Å². The molecule has 2 fully saturated rings. The fourth-order valence-electron chi connectivity index (χ4n) is 5.92. The molecule has 0 saturated carbocycles. The van der Waals surface area contributed by atoms with Crippen molar-refractivity contribution in [2.24, 2.45) is 11.8 Å². The second-order valence-corrected chi connectivity index (χ2v) is 11.5. The van der Waals surface area contributed by atoms with Crippen LogP contribution in [0.15, 0.2) is 39.8 Å². The van der Waals surface area contributed by atoms with E-state index in [1.54, 1.807) is 0 Å². The first-order valence-electron chi connectivity index (χ1n) is 13.7. The van der Waals surface area contributed by atoms with Crippen LogP contribution in [0.3, 0.4) is 0 Å². The Labute approximate surface area is 226 Å². The molecule has 2 aliphatic heterocycles. The second-order valence-electron chi connectivity index (χ2n) is 10.8. The van der Waals surface area contributed by atoms with E-state index in [-0.39, 0.29) is 11.5 Å². The topological polar surface area (TPSA) is 94.3 Å². The van der Waals surface area contributed by atoms with Crippen LogP contribution >= 0.6 is 11.3 Å². The monoisotopic (exact) mass is 533 g/mol. The number of H-pyrrole nitrogens is 2. The van der Waals surface area contributed by atoms with Gasteiger partial charge in [-0.05, 0) is 68.3 Å². The highest BCUT2D eigenvalue weighted by Gasteiger charge is 2.25. The number of hydrogen-bond donors (Lipinski definition) is 2. The molecule has 0 radical (unpaired) electrons. The summed E-state index contributed by atoms with van der Waals surface area (Å²) in [6, 6.07) is 7.66. The largest absolute Gasteiger partial charge is 0.379 e. The Morgan fingerprint density at radius 3 is 2.84 bits per heavy atom. The Morgan fingerprint density at radius 2 is 1.97 bits per heavy atom. The molecule has 2 atom stereocenters. The van der Waals surface area contributed by atoms with Crippen LogP contribution in [0, 0.1) is 11.8 Å². The van der Waals surface area contributed by atoms with Gasteiger partial charge in [0.05, 0.1) is 29.9 Å². The van der Waals surface area contributed by atoms with E-state index in [4.69, 9.17) is 4.74 Å². The Bertz CT molecular complexity index is 1480. The molecule has 8 nitrogen and oxygen atoms in total. The molecule has 6 rings (SSSR count). The lowest BCUT2D eigenvalue weighted by Crippen LogP contribution is -2.37. The van der Waals surface area contributed by atoms with Gasteiger partial charge in [-0.3, -0.25) is 14.5 Å². The number of thiophene rings is 1. The number of fused-ring (bicyclic) bond motifs is 2. The van der Waals surface area contributed by atoms with Crippen molar-refractivity contribution in [3.63, 3.8) is 0 Å². The lowest BCUT2D eigenvalue weighted by molar-refractivity contribution is 0.0342. The number of likely N-dealkylation sites (tertiary alicyclic amines) is 1. The predicted molar refractivity (Wildman–Crippen MR) is 152 cm³/mol. The Kier molecular flexibility index (Phi) is 7.32. The molecule has 1 amide bonds. The smallest absolute Gasteiger partial charge is 0.276 e. The number of aromatic amines is 2. The average molecular weight is 534 g/mol. The number of amides is 1. The number of nitrogens with one attached hydrogen (secondary N) is 2. The number of aromatic nitrogens is 3. The zero-order valence-electron chi connectivity index (χ0n) is 21.9. The summed E-state index contributed by atoms with van der Waals surface area (Å²) in [5, 5.41) is 4.71. The van der Waals surface area contributed by atoms with Gasteiger partial charge in [0.2, 0.25) is 0 Å². The van der Waals surface area contributed by atoms with Gasteiger partial charge in [0, 0.05) is 53.4 Å². The number of carbonyl (C=O) groups excluding carboxylic acids is 1. The minimum absolute atomic E-state index is 0.0898. The van der Waals surface area contributed by atoms with E-state index in [1.165, 1.54) is 24.2 Å². The Hall–Kier alpha value is -3.01. The first-order valence-corrected chi connectivity index (χ1v) is 14.7. The fourth-order valence-corrected chi connectivity index (χ4v) is 6.61. The highest BCUT2D eigenvalue weighted by Crippen LogP contribution is 2.29. The van der Waals surface area contributed by atoms with E-state index in [9.17, 15) is 9.59 Å². The van der Waals surface area contributed by atoms with Gasteiger partial charge < -0.3 is 19.6 Å². The Morgan fingerprint density at radius 1 is 1.11 bits per heavy atom. The van der Waals surface area contributed by atoms with Gasteiger partial charge in [-0.1, -0.05) is 6.92 Å². The first-order chi connectivity index (χ1) is 18.5. The molecule has 4 aromatic rings. The molecule has 0 bridgehead atoms. The molecule has 5 heterocycles. The molecule has 1 aromatic carbocycles. The molecule has 0 aliphatic carbocycles. The van der Waals surface area contributed by atoms with E-state index in [1.807, 2.05) is 39.9 Å². The van der Waals surface area contributed by atoms with Crippen LogP contribution in [-0.2, 0) is 4.74 Å². The zero-order valence-corrected chi connectivity index (χ0v) is 22.7. The van der Waals surface area contributed by atoms with E-state index < -0.39 is 0 Å². The molecule has 200 valence electrons. The number of hydrogen-bond acceptors (Lipinski definition) is 6. The number of rotatable bonds is 6. The lowest BCUT2D eigenvalue weighted by atomic mass is 9.85. The maximum atomic E-state index is 13.5. The number of benzene rings is 1. The van der Waals surface area contributed by atoms with Crippen molar-refractivity contribution in [2.75, 3.05) is 45.9 Å². The van der Waals surface area contributed by atoms with Crippen molar-refractivity contribution in [1.82, 2.24) is 24.8 Å². The van der Waals surface area contributed by atoms with Gasteiger partial charge in [0.15, 0.2) is 5.69 Å². The quantitative estimate of drug-likeness (QED) is 0.374.